The molecular weight excluding hydrogens is 465 g/mol. The summed E-state index contributed by atoms with van der Waals surface area (Å²) in [5.41, 5.74) is -2.16. The quantitative estimate of drug-likeness (QED) is 0.557. The van der Waals surface area contributed by atoms with Gasteiger partial charge in [0.25, 0.3) is 5.56 Å². The molecular formula is C19H11BrF5NO3. The van der Waals surface area contributed by atoms with Gasteiger partial charge in [0, 0.05) is 29.8 Å². The van der Waals surface area contributed by atoms with Gasteiger partial charge >= 0.3 is 0 Å². The highest BCUT2D eigenvalue weighted by Gasteiger charge is 2.21. The minimum atomic E-state index is -1.35. The molecule has 0 fully saturated rings. The van der Waals surface area contributed by atoms with Crippen LogP contribution >= 0.6 is 15.9 Å². The van der Waals surface area contributed by atoms with Crippen molar-refractivity contribution < 1.29 is 31.8 Å². The van der Waals surface area contributed by atoms with Crippen molar-refractivity contribution in [3.05, 3.63) is 91.6 Å². The van der Waals surface area contributed by atoms with Crippen molar-refractivity contribution >= 4 is 15.9 Å². The number of halogens is 6. The van der Waals surface area contributed by atoms with E-state index < -0.39 is 53.5 Å². The molecule has 3 rings (SSSR count). The molecule has 1 aromatic heterocycles. The minimum Gasteiger partial charge on any atom is -0.487 e. The lowest BCUT2D eigenvalue weighted by Crippen LogP contribution is -2.25. The van der Waals surface area contributed by atoms with Crippen LogP contribution in [-0.4, -0.2) is 9.67 Å². The van der Waals surface area contributed by atoms with Crippen molar-refractivity contribution in [3.63, 3.8) is 0 Å². The number of hydrogen-bond donors (Lipinski definition) is 1. The van der Waals surface area contributed by atoms with E-state index in [1.54, 1.807) is 0 Å². The van der Waals surface area contributed by atoms with Crippen LogP contribution in [0.4, 0.5) is 22.0 Å². The highest BCUT2D eigenvalue weighted by Crippen LogP contribution is 2.27. The van der Waals surface area contributed by atoms with Gasteiger partial charge in [-0.15, -0.1) is 0 Å². The topological polar surface area (TPSA) is 51.5 Å². The van der Waals surface area contributed by atoms with Gasteiger partial charge in [0.1, 0.15) is 40.0 Å². The SMILES string of the molecule is O=c1c(Br)c(OCc2ccc(F)cc2F)cc(CO)n1-c1c(F)cc(F)cc1F. The molecule has 0 aliphatic heterocycles. The van der Waals surface area contributed by atoms with Crippen LogP contribution in [0.15, 0.2) is 45.7 Å². The fourth-order valence-electron chi connectivity index (χ4n) is 2.62. The lowest BCUT2D eigenvalue weighted by Gasteiger charge is -2.17. The van der Waals surface area contributed by atoms with Crippen LogP contribution in [0.1, 0.15) is 11.3 Å². The molecule has 1 N–H and O–H groups in total. The second-order valence-corrected chi connectivity index (χ2v) is 6.65. The van der Waals surface area contributed by atoms with Crippen molar-refractivity contribution in [1.82, 2.24) is 4.57 Å². The predicted molar refractivity (Wildman–Crippen MR) is 96.2 cm³/mol. The van der Waals surface area contributed by atoms with E-state index in [2.05, 4.69) is 15.9 Å². The number of benzene rings is 2. The third-order valence-electron chi connectivity index (χ3n) is 3.96. The first-order valence-corrected chi connectivity index (χ1v) is 8.79. The minimum absolute atomic E-state index is 0.0105. The van der Waals surface area contributed by atoms with Crippen LogP contribution in [0.3, 0.4) is 0 Å². The van der Waals surface area contributed by atoms with Crippen molar-refractivity contribution in [3.8, 4) is 11.4 Å². The Labute approximate surface area is 168 Å². The van der Waals surface area contributed by atoms with E-state index in [1.165, 1.54) is 0 Å². The smallest absolute Gasteiger partial charge is 0.273 e. The highest BCUT2D eigenvalue weighted by atomic mass is 79.9. The van der Waals surface area contributed by atoms with Crippen molar-refractivity contribution in [2.45, 2.75) is 13.2 Å². The molecule has 1 heterocycles. The van der Waals surface area contributed by atoms with Gasteiger partial charge in [-0.1, -0.05) is 0 Å². The average Bonchev–Trinajstić information content (AvgIpc) is 2.65. The molecule has 0 saturated carbocycles. The first-order chi connectivity index (χ1) is 13.7. The highest BCUT2D eigenvalue weighted by molar-refractivity contribution is 9.10. The van der Waals surface area contributed by atoms with E-state index in [4.69, 9.17) is 4.74 Å². The molecule has 0 bridgehead atoms. The molecule has 2 aromatic carbocycles. The summed E-state index contributed by atoms with van der Waals surface area (Å²) in [4.78, 5) is 12.7. The molecule has 0 amide bonds. The predicted octanol–water partition coefficient (Wildman–Crippen LogP) is 4.37. The third kappa shape index (κ3) is 4.18. The molecule has 0 saturated heterocycles. The Morgan fingerprint density at radius 3 is 2.14 bits per heavy atom. The van der Waals surface area contributed by atoms with Crippen LogP contribution in [0, 0.1) is 29.1 Å². The van der Waals surface area contributed by atoms with Crippen LogP contribution in [-0.2, 0) is 13.2 Å². The average molecular weight is 476 g/mol. The number of ether oxygens (including phenoxy) is 1. The summed E-state index contributed by atoms with van der Waals surface area (Å²) in [7, 11) is 0. The first-order valence-electron chi connectivity index (χ1n) is 8.00. The molecule has 0 radical (unpaired) electrons. The number of hydrogen-bond acceptors (Lipinski definition) is 3. The van der Waals surface area contributed by atoms with Gasteiger partial charge in [0.2, 0.25) is 0 Å². The maximum absolute atomic E-state index is 14.1. The maximum Gasteiger partial charge on any atom is 0.273 e. The van der Waals surface area contributed by atoms with Gasteiger partial charge in [0.15, 0.2) is 11.6 Å². The number of aromatic nitrogens is 1. The largest absolute Gasteiger partial charge is 0.487 e. The Morgan fingerprint density at radius 2 is 1.55 bits per heavy atom. The number of aliphatic hydroxyl groups excluding tert-OH is 1. The summed E-state index contributed by atoms with van der Waals surface area (Å²) in [6.07, 6.45) is 0. The summed E-state index contributed by atoms with van der Waals surface area (Å²) in [6, 6.07) is 4.72. The zero-order chi connectivity index (χ0) is 21.3. The second-order valence-electron chi connectivity index (χ2n) is 5.86. The fraction of sp³-hybridized carbons (Fsp3) is 0.105. The van der Waals surface area contributed by atoms with E-state index >= 15 is 0 Å². The molecule has 0 unspecified atom stereocenters. The molecule has 0 spiro atoms. The Kier molecular flexibility index (Phi) is 6.04. The van der Waals surface area contributed by atoms with Crippen LogP contribution in [0.2, 0.25) is 0 Å². The summed E-state index contributed by atoms with van der Waals surface area (Å²) in [5.74, 6) is -5.68. The van der Waals surface area contributed by atoms with Crippen LogP contribution in [0.5, 0.6) is 5.75 Å². The lowest BCUT2D eigenvalue weighted by molar-refractivity contribution is 0.267. The maximum atomic E-state index is 14.1. The molecule has 10 heteroatoms. The molecule has 0 aliphatic carbocycles. The molecule has 0 aliphatic rings. The standard InChI is InChI=1S/C19H11BrF5NO3/c20-17-16(29-8-9-1-2-10(21)3-13(9)23)6-12(7-27)26(19(17)28)18-14(24)4-11(22)5-15(18)25/h1-6,27H,7-8H2. The molecule has 4 nitrogen and oxygen atoms in total. The zero-order valence-corrected chi connectivity index (χ0v) is 15.9. The second kappa shape index (κ2) is 8.34. The fourth-order valence-corrected chi connectivity index (χ4v) is 3.03. The summed E-state index contributed by atoms with van der Waals surface area (Å²) < 4.78 is 73.8. The van der Waals surface area contributed by atoms with Gasteiger partial charge in [-0.3, -0.25) is 9.36 Å². The van der Waals surface area contributed by atoms with E-state index in [0.717, 1.165) is 18.2 Å². The Morgan fingerprint density at radius 1 is 0.931 bits per heavy atom. The number of pyridine rings is 1. The number of aliphatic hydroxyl groups is 1. The van der Waals surface area contributed by atoms with Crippen molar-refractivity contribution in [2.75, 3.05) is 0 Å². The Hall–Kier alpha value is -2.72. The van der Waals surface area contributed by atoms with Gasteiger partial charge in [-0.2, -0.15) is 0 Å². The van der Waals surface area contributed by atoms with Crippen LogP contribution in [0.25, 0.3) is 5.69 Å². The normalized spacial score (nSPS) is 11.0. The summed E-state index contributed by atoms with van der Waals surface area (Å²) in [5, 5.41) is 9.56. The van der Waals surface area contributed by atoms with Gasteiger partial charge in [-0.25, -0.2) is 22.0 Å². The van der Waals surface area contributed by atoms with Crippen molar-refractivity contribution in [1.29, 1.82) is 0 Å². The molecule has 3 aromatic rings. The summed E-state index contributed by atoms with van der Waals surface area (Å²) in [6.45, 7) is -1.21. The molecule has 29 heavy (non-hydrogen) atoms. The van der Waals surface area contributed by atoms with Gasteiger partial charge in [-0.05, 0) is 28.1 Å². The first kappa shape index (κ1) is 21.0. The number of rotatable bonds is 5. The van der Waals surface area contributed by atoms with E-state index in [0.29, 0.717) is 22.8 Å². The molecule has 152 valence electrons. The van der Waals surface area contributed by atoms with Gasteiger partial charge < -0.3 is 9.84 Å². The Bertz CT molecular complexity index is 1130. The van der Waals surface area contributed by atoms with E-state index in [-0.39, 0.29) is 21.5 Å². The number of nitrogens with zero attached hydrogens (tertiary/aromatic N) is 1. The zero-order valence-electron chi connectivity index (χ0n) is 14.4. The molecule has 0 atom stereocenters. The van der Waals surface area contributed by atoms with Crippen LogP contribution < -0.4 is 10.3 Å². The third-order valence-corrected chi connectivity index (χ3v) is 4.69. The Balaban J connectivity index is 2.05. The van der Waals surface area contributed by atoms with Gasteiger partial charge in [0.05, 0.1) is 12.3 Å². The van der Waals surface area contributed by atoms with E-state index in [1.807, 2.05) is 0 Å². The van der Waals surface area contributed by atoms with E-state index in [9.17, 15) is 31.9 Å². The van der Waals surface area contributed by atoms with Crippen molar-refractivity contribution in [2.24, 2.45) is 0 Å². The summed E-state index contributed by atoms with van der Waals surface area (Å²) >= 11 is 2.95. The lowest BCUT2D eigenvalue weighted by atomic mass is 10.2. The monoisotopic (exact) mass is 475 g/mol.